The van der Waals surface area contributed by atoms with Crippen molar-refractivity contribution in [3.8, 4) is 11.5 Å². The summed E-state index contributed by atoms with van der Waals surface area (Å²) in [7, 11) is 2.99. The van der Waals surface area contributed by atoms with E-state index in [1.165, 1.54) is 39.3 Å². The number of nitrogens with two attached hydrogens (primary N) is 1. The molecule has 3 rings (SSSR count). The maximum absolute atomic E-state index is 13.2. The van der Waals surface area contributed by atoms with Crippen LogP contribution in [0.5, 0.6) is 11.5 Å². The number of ether oxygens (including phenoxy) is 1. The first-order valence-corrected chi connectivity index (χ1v) is 12.6. The number of amides is 4. The fourth-order valence-corrected chi connectivity index (χ4v) is 3.21. The topological polar surface area (TPSA) is 147 Å². The second-order valence-corrected chi connectivity index (χ2v) is 7.76. The van der Waals surface area contributed by atoms with Crippen molar-refractivity contribution in [2.24, 2.45) is 5.73 Å². The van der Waals surface area contributed by atoms with Crippen LogP contribution in [0.4, 0.5) is 29.3 Å². The lowest BCUT2D eigenvalue weighted by Gasteiger charge is -2.15. The minimum atomic E-state index is -4.59. The number of rotatable bonds is 8. The molecule has 4 amide bonds. The zero-order valence-electron chi connectivity index (χ0n) is 23.5. The molecule has 13 heteroatoms. The van der Waals surface area contributed by atoms with Crippen molar-refractivity contribution in [2.75, 3.05) is 31.3 Å². The maximum Gasteiger partial charge on any atom is 0.416 e. The highest BCUT2D eigenvalue weighted by molar-refractivity contribution is 6.00. The predicted molar refractivity (Wildman–Crippen MR) is 152 cm³/mol. The third-order valence-corrected chi connectivity index (χ3v) is 4.99. The smallest absolute Gasteiger partial charge is 0.416 e. The summed E-state index contributed by atoms with van der Waals surface area (Å²) in [5.41, 5.74) is 4.53. The van der Waals surface area contributed by atoms with Gasteiger partial charge in [-0.1, -0.05) is 19.9 Å². The van der Waals surface area contributed by atoms with Crippen LogP contribution in [0.1, 0.15) is 42.4 Å². The zero-order valence-corrected chi connectivity index (χ0v) is 23.5. The number of aromatic nitrogens is 1. The van der Waals surface area contributed by atoms with Crippen molar-refractivity contribution in [1.82, 2.24) is 15.6 Å². The number of halogens is 3. The second kappa shape index (κ2) is 17.1. The molecule has 0 aliphatic heterocycles. The number of carbonyl (C=O) groups excluding carboxylic acids is 3. The summed E-state index contributed by atoms with van der Waals surface area (Å²) in [6.07, 6.45) is -2.94. The van der Waals surface area contributed by atoms with Gasteiger partial charge >= 0.3 is 12.2 Å². The average molecular weight is 577 g/mol. The van der Waals surface area contributed by atoms with Crippen molar-refractivity contribution in [2.45, 2.75) is 33.4 Å². The third-order valence-electron chi connectivity index (χ3n) is 4.99. The number of benzene rings is 2. The lowest BCUT2D eigenvalue weighted by Crippen LogP contribution is -2.24. The molecule has 0 saturated carbocycles. The average Bonchev–Trinajstić information content (AvgIpc) is 2.96. The third kappa shape index (κ3) is 11.5. The van der Waals surface area contributed by atoms with E-state index >= 15 is 0 Å². The van der Waals surface area contributed by atoms with E-state index in [2.05, 4.69) is 32.0 Å². The number of pyridine rings is 1. The van der Waals surface area contributed by atoms with Crippen LogP contribution in [0.2, 0.25) is 0 Å². The lowest BCUT2D eigenvalue weighted by molar-refractivity contribution is -0.137. The number of urea groups is 1. The Morgan fingerprint density at radius 3 is 2.17 bits per heavy atom. The van der Waals surface area contributed by atoms with Crippen molar-refractivity contribution in [1.29, 1.82) is 0 Å². The molecule has 1 heterocycles. The molecule has 3 aromatic rings. The van der Waals surface area contributed by atoms with Crippen LogP contribution in [0.25, 0.3) is 0 Å². The Bertz CT molecular complexity index is 1280. The van der Waals surface area contributed by atoms with Crippen molar-refractivity contribution in [3.63, 3.8) is 0 Å². The number of hydrogen-bond donors (Lipinski definition) is 5. The van der Waals surface area contributed by atoms with Crippen molar-refractivity contribution < 1.29 is 32.3 Å². The van der Waals surface area contributed by atoms with Gasteiger partial charge in [-0.05, 0) is 61.5 Å². The van der Waals surface area contributed by atoms with Gasteiger partial charge < -0.3 is 31.7 Å². The number of anilines is 2. The minimum absolute atomic E-state index is 0.0257. The fraction of sp³-hybridized carbons (Fsp3) is 0.286. The summed E-state index contributed by atoms with van der Waals surface area (Å²) in [6, 6.07) is 11.5. The van der Waals surface area contributed by atoms with E-state index in [0.717, 1.165) is 12.1 Å². The molecule has 0 aliphatic carbocycles. The summed E-state index contributed by atoms with van der Waals surface area (Å²) < 4.78 is 45.3. The van der Waals surface area contributed by atoms with E-state index < -0.39 is 17.8 Å². The molecule has 6 N–H and O–H groups in total. The van der Waals surface area contributed by atoms with E-state index in [-0.39, 0.29) is 36.2 Å². The Morgan fingerprint density at radius 1 is 0.927 bits per heavy atom. The molecule has 2 aromatic carbocycles. The molecule has 0 aliphatic rings. The van der Waals surface area contributed by atoms with Crippen molar-refractivity contribution >= 4 is 29.2 Å². The SMILES string of the molecule is CC.CN.CNC(=O)c1cc(Oc2ccc(NC(=O)Nc3cc(C(F)(F)F)ccc3CCNC(C)=O)cc2)ccn1. The van der Waals surface area contributed by atoms with Crippen LogP contribution in [0, 0.1) is 0 Å². The van der Waals surface area contributed by atoms with E-state index in [4.69, 9.17) is 4.74 Å². The Hall–Kier alpha value is -4.65. The van der Waals surface area contributed by atoms with Crippen molar-refractivity contribution in [3.05, 3.63) is 77.6 Å². The monoisotopic (exact) mass is 576 g/mol. The van der Waals surface area contributed by atoms with Gasteiger partial charge in [0.25, 0.3) is 5.91 Å². The largest absolute Gasteiger partial charge is 0.457 e. The Labute approximate surface area is 236 Å². The molecule has 10 nitrogen and oxygen atoms in total. The molecule has 0 fully saturated rings. The minimum Gasteiger partial charge on any atom is -0.457 e. The number of nitrogens with one attached hydrogen (secondary N) is 4. The van der Waals surface area contributed by atoms with Gasteiger partial charge in [-0.2, -0.15) is 13.2 Å². The molecular weight excluding hydrogens is 541 g/mol. The number of carbonyl (C=O) groups is 3. The zero-order chi connectivity index (χ0) is 31.0. The standard InChI is InChI=1S/C25H24F3N5O4.C2H6.CH5N/c1-15(34)30-11-9-16-3-4-17(25(26,27)28)13-21(16)33-24(36)32-18-5-7-19(8-6-18)37-20-10-12-31-22(14-20)23(35)29-2;2*1-2/h3-8,10,12-14H,9,11H2,1-2H3,(H,29,35)(H,30,34)(H2,32,33,36);1-2H3;2H2,1H3. The molecular formula is C28H35F3N6O4. The van der Waals surface area contributed by atoms with Gasteiger partial charge in [0, 0.05) is 44.2 Å². The number of hydrogen-bond acceptors (Lipinski definition) is 6. The van der Waals surface area contributed by atoms with Crippen LogP contribution in [-0.4, -0.2) is 43.5 Å². The highest BCUT2D eigenvalue weighted by Crippen LogP contribution is 2.32. The summed E-state index contributed by atoms with van der Waals surface area (Å²) in [6.45, 7) is 5.52. The van der Waals surface area contributed by atoms with E-state index in [1.807, 2.05) is 13.8 Å². The highest BCUT2D eigenvalue weighted by atomic mass is 19.4. The summed E-state index contributed by atoms with van der Waals surface area (Å²) in [5, 5.41) is 10.0. The molecule has 0 saturated heterocycles. The van der Waals surface area contributed by atoms with E-state index in [9.17, 15) is 27.6 Å². The fourth-order valence-electron chi connectivity index (χ4n) is 3.21. The van der Waals surface area contributed by atoms with Gasteiger partial charge in [-0.25, -0.2) is 4.79 Å². The van der Waals surface area contributed by atoms with Gasteiger partial charge in [0.05, 0.1) is 5.56 Å². The van der Waals surface area contributed by atoms with Gasteiger partial charge in [0.2, 0.25) is 5.91 Å². The predicted octanol–water partition coefficient (Wildman–Crippen LogP) is 5.18. The van der Waals surface area contributed by atoms with Gasteiger partial charge in [0.1, 0.15) is 17.2 Å². The van der Waals surface area contributed by atoms with Crippen LogP contribution in [0.3, 0.4) is 0 Å². The lowest BCUT2D eigenvalue weighted by atomic mass is 10.1. The molecule has 0 unspecified atom stereocenters. The first kappa shape index (κ1) is 34.4. The molecule has 0 bridgehead atoms. The van der Waals surface area contributed by atoms with Gasteiger partial charge in [0.15, 0.2) is 0 Å². The molecule has 0 spiro atoms. The molecule has 222 valence electrons. The van der Waals surface area contributed by atoms with Crippen LogP contribution in [0.15, 0.2) is 60.8 Å². The first-order valence-electron chi connectivity index (χ1n) is 12.6. The second-order valence-electron chi connectivity index (χ2n) is 7.76. The van der Waals surface area contributed by atoms with E-state index in [0.29, 0.717) is 22.7 Å². The Balaban J connectivity index is 0.00000201. The first-order chi connectivity index (χ1) is 19.5. The summed E-state index contributed by atoms with van der Waals surface area (Å²) in [4.78, 5) is 39.3. The quantitative estimate of drug-likeness (QED) is 0.250. The maximum atomic E-state index is 13.2. The molecule has 1 aromatic heterocycles. The van der Waals surface area contributed by atoms with E-state index in [1.54, 1.807) is 30.3 Å². The number of nitrogens with zero attached hydrogens (tertiary/aromatic N) is 1. The Kier molecular flexibility index (Phi) is 14.4. The molecule has 0 atom stereocenters. The molecule has 0 radical (unpaired) electrons. The normalized spacial score (nSPS) is 10.1. The summed E-state index contributed by atoms with van der Waals surface area (Å²) in [5.74, 6) is 0.152. The van der Waals surface area contributed by atoms with Gasteiger partial charge in [-0.3, -0.25) is 14.6 Å². The van der Waals surface area contributed by atoms with Gasteiger partial charge in [-0.15, -0.1) is 0 Å². The summed E-state index contributed by atoms with van der Waals surface area (Å²) >= 11 is 0. The van der Waals surface area contributed by atoms with Crippen LogP contribution >= 0.6 is 0 Å². The molecule has 41 heavy (non-hydrogen) atoms. The Morgan fingerprint density at radius 2 is 1.59 bits per heavy atom. The highest BCUT2D eigenvalue weighted by Gasteiger charge is 2.31. The van der Waals surface area contributed by atoms with Crippen LogP contribution in [-0.2, 0) is 17.4 Å². The van der Waals surface area contributed by atoms with Crippen LogP contribution < -0.4 is 31.7 Å². The number of alkyl halides is 3.